The Hall–Kier alpha value is -1.96. The van der Waals surface area contributed by atoms with Gasteiger partial charge in [-0.1, -0.05) is 36.4 Å². The van der Waals surface area contributed by atoms with Gasteiger partial charge in [-0.05, 0) is 55.7 Å². The van der Waals surface area contributed by atoms with Crippen molar-refractivity contribution in [1.82, 2.24) is 9.71 Å². The van der Waals surface area contributed by atoms with Crippen molar-refractivity contribution < 1.29 is 13.2 Å². The highest BCUT2D eigenvalue weighted by Gasteiger charge is 2.33. The topological polar surface area (TPSA) is 71.5 Å². The number of sulfonamides is 1. The van der Waals surface area contributed by atoms with Gasteiger partial charge < -0.3 is 9.64 Å². The highest BCUT2D eigenvalue weighted by Crippen LogP contribution is 2.34. The van der Waals surface area contributed by atoms with Crippen LogP contribution in [0.1, 0.15) is 43.6 Å². The van der Waals surface area contributed by atoms with Crippen LogP contribution in [0.4, 0.5) is 5.82 Å². The highest BCUT2D eigenvalue weighted by molar-refractivity contribution is 7.88. The Morgan fingerprint density at radius 1 is 1.03 bits per heavy atom. The summed E-state index contributed by atoms with van der Waals surface area (Å²) in [6.07, 6.45) is 8.44. The van der Waals surface area contributed by atoms with E-state index in [1.165, 1.54) is 11.8 Å². The second-order valence-corrected chi connectivity index (χ2v) is 10.7. The molecule has 2 heterocycles. The first-order chi connectivity index (χ1) is 15.0. The number of aromatic nitrogens is 1. The molecule has 31 heavy (non-hydrogen) atoms. The largest absolute Gasteiger partial charge is 0.378 e. The Labute approximate surface area is 186 Å². The zero-order valence-corrected chi connectivity index (χ0v) is 19.0. The van der Waals surface area contributed by atoms with Crippen molar-refractivity contribution in [2.75, 3.05) is 30.9 Å². The second-order valence-electron chi connectivity index (χ2n) is 8.90. The lowest BCUT2D eigenvalue weighted by Gasteiger charge is -2.40. The smallest absolute Gasteiger partial charge is 0.208 e. The van der Waals surface area contributed by atoms with Crippen molar-refractivity contribution in [3.8, 4) is 0 Å². The van der Waals surface area contributed by atoms with Crippen molar-refractivity contribution in [2.45, 2.75) is 50.2 Å². The predicted molar refractivity (Wildman–Crippen MR) is 124 cm³/mol. The lowest BCUT2D eigenvalue weighted by molar-refractivity contribution is -0.00213. The van der Waals surface area contributed by atoms with Crippen LogP contribution in [0.5, 0.6) is 0 Å². The molecule has 168 valence electrons. The number of ether oxygens (including phenoxy) is 1. The third-order valence-electron chi connectivity index (χ3n) is 6.56. The van der Waals surface area contributed by atoms with Crippen molar-refractivity contribution in [2.24, 2.45) is 5.92 Å². The van der Waals surface area contributed by atoms with Crippen LogP contribution in [0.3, 0.4) is 0 Å². The van der Waals surface area contributed by atoms with Gasteiger partial charge in [0.1, 0.15) is 5.82 Å². The second kappa shape index (κ2) is 10.1. The van der Waals surface area contributed by atoms with Gasteiger partial charge >= 0.3 is 0 Å². The summed E-state index contributed by atoms with van der Waals surface area (Å²) >= 11 is 0. The molecule has 1 aliphatic carbocycles. The number of rotatable bonds is 7. The normalized spacial score (nSPS) is 27.2. The standard InChI is InChI=1S/C24H33N3O3S/c1-31(28,29)26-23-14-16-27(24-9-5-6-15-25-24)17-21(23)18-30-22-12-10-20(11-13-22)19-7-3-2-4-8-19/h2-9,15,20-23,26H,10-14,16-18H2,1H3/t20?,21-,22?,23?/m0/s1. The maximum absolute atomic E-state index is 11.9. The average molecular weight is 444 g/mol. The molecule has 1 N–H and O–H groups in total. The van der Waals surface area contributed by atoms with Crippen LogP contribution in [0.15, 0.2) is 54.7 Å². The zero-order valence-electron chi connectivity index (χ0n) is 18.2. The summed E-state index contributed by atoms with van der Waals surface area (Å²) in [6.45, 7) is 2.09. The molecule has 0 bridgehead atoms. The maximum Gasteiger partial charge on any atom is 0.208 e. The molecule has 2 atom stereocenters. The van der Waals surface area contributed by atoms with E-state index >= 15 is 0 Å². The molecule has 0 amide bonds. The van der Waals surface area contributed by atoms with Crippen LogP contribution in [0.2, 0.25) is 0 Å². The van der Waals surface area contributed by atoms with Gasteiger partial charge in [0.25, 0.3) is 0 Å². The number of benzene rings is 1. The molecule has 1 unspecified atom stereocenters. The van der Waals surface area contributed by atoms with Crippen molar-refractivity contribution in [3.05, 3.63) is 60.3 Å². The molecule has 1 saturated carbocycles. The van der Waals surface area contributed by atoms with Crippen LogP contribution in [-0.4, -0.2) is 51.5 Å². The summed E-state index contributed by atoms with van der Waals surface area (Å²) in [5.41, 5.74) is 1.43. The van der Waals surface area contributed by atoms with E-state index in [-0.39, 0.29) is 18.1 Å². The molecule has 1 aliphatic heterocycles. The number of hydrogen-bond donors (Lipinski definition) is 1. The Balaban J connectivity index is 1.34. The molecule has 2 aliphatic rings. The van der Waals surface area contributed by atoms with Crippen LogP contribution in [-0.2, 0) is 14.8 Å². The van der Waals surface area contributed by atoms with Crippen molar-refractivity contribution in [3.63, 3.8) is 0 Å². The van der Waals surface area contributed by atoms with Crippen molar-refractivity contribution in [1.29, 1.82) is 0 Å². The fraction of sp³-hybridized carbons (Fsp3) is 0.542. The van der Waals surface area contributed by atoms with Crippen LogP contribution >= 0.6 is 0 Å². The molecule has 4 rings (SSSR count). The molecule has 6 nitrogen and oxygen atoms in total. The number of nitrogens with zero attached hydrogens (tertiary/aromatic N) is 2. The van der Waals surface area contributed by atoms with Gasteiger partial charge in [-0.2, -0.15) is 0 Å². The number of piperidine rings is 1. The van der Waals surface area contributed by atoms with Gasteiger partial charge in [0, 0.05) is 31.2 Å². The lowest BCUT2D eigenvalue weighted by atomic mass is 9.82. The zero-order chi connectivity index (χ0) is 21.7. The summed E-state index contributed by atoms with van der Waals surface area (Å²) < 4.78 is 33.0. The number of anilines is 1. The first kappa shape index (κ1) is 22.2. The van der Waals surface area contributed by atoms with E-state index in [4.69, 9.17) is 4.74 Å². The minimum Gasteiger partial charge on any atom is -0.378 e. The lowest BCUT2D eigenvalue weighted by Crippen LogP contribution is -2.52. The van der Waals surface area contributed by atoms with E-state index in [9.17, 15) is 8.42 Å². The number of hydrogen-bond acceptors (Lipinski definition) is 5. The molecule has 2 fully saturated rings. The van der Waals surface area contributed by atoms with Gasteiger partial charge in [-0.3, -0.25) is 0 Å². The molecule has 0 radical (unpaired) electrons. The summed E-state index contributed by atoms with van der Waals surface area (Å²) in [5.74, 6) is 1.65. The minimum absolute atomic E-state index is 0.0947. The molecular weight excluding hydrogens is 410 g/mol. The molecule has 1 aromatic carbocycles. The summed E-state index contributed by atoms with van der Waals surface area (Å²) in [5, 5.41) is 0. The van der Waals surface area contributed by atoms with E-state index in [1.807, 2.05) is 18.2 Å². The SMILES string of the molecule is CS(=O)(=O)NC1CCN(c2ccccn2)C[C@H]1COC1CCC(c2ccccc2)CC1. The summed E-state index contributed by atoms with van der Waals surface area (Å²) in [6, 6.07) is 16.5. The van der Waals surface area contributed by atoms with Gasteiger partial charge in [0.05, 0.1) is 19.0 Å². The Morgan fingerprint density at radius 2 is 1.77 bits per heavy atom. The van der Waals surface area contributed by atoms with E-state index in [1.54, 1.807) is 6.20 Å². The molecular formula is C24H33N3O3S. The van der Waals surface area contributed by atoms with Gasteiger partial charge in [-0.15, -0.1) is 0 Å². The average Bonchev–Trinajstić information content (AvgIpc) is 2.79. The van der Waals surface area contributed by atoms with Crippen LogP contribution in [0, 0.1) is 5.92 Å². The fourth-order valence-electron chi connectivity index (χ4n) is 4.93. The van der Waals surface area contributed by atoms with E-state index in [0.717, 1.165) is 51.0 Å². The quantitative estimate of drug-likeness (QED) is 0.708. The van der Waals surface area contributed by atoms with Gasteiger partial charge in [0.2, 0.25) is 10.0 Å². The van der Waals surface area contributed by atoms with E-state index < -0.39 is 10.0 Å². The molecule has 7 heteroatoms. The molecule has 1 aromatic heterocycles. The third-order valence-corrected chi connectivity index (χ3v) is 7.29. The van der Waals surface area contributed by atoms with E-state index in [2.05, 4.69) is 44.9 Å². The predicted octanol–water partition coefficient (Wildman–Crippen LogP) is 3.57. The first-order valence-electron chi connectivity index (χ1n) is 11.3. The molecule has 0 spiro atoms. The monoisotopic (exact) mass is 443 g/mol. The number of nitrogens with one attached hydrogen (secondary N) is 1. The Morgan fingerprint density at radius 3 is 2.45 bits per heavy atom. The highest BCUT2D eigenvalue weighted by atomic mass is 32.2. The first-order valence-corrected chi connectivity index (χ1v) is 13.2. The fourth-order valence-corrected chi connectivity index (χ4v) is 5.79. The Kier molecular flexibility index (Phi) is 7.25. The van der Waals surface area contributed by atoms with E-state index in [0.29, 0.717) is 12.5 Å². The van der Waals surface area contributed by atoms with Crippen LogP contribution < -0.4 is 9.62 Å². The summed E-state index contributed by atoms with van der Waals surface area (Å²) in [7, 11) is -3.26. The Bertz CT molecular complexity index is 916. The number of pyridine rings is 1. The summed E-state index contributed by atoms with van der Waals surface area (Å²) in [4.78, 5) is 6.71. The van der Waals surface area contributed by atoms with Gasteiger partial charge in [0.15, 0.2) is 0 Å². The molecule has 1 saturated heterocycles. The van der Waals surface area contributed by atoms with Gasteiger partial charge in [-0.25, -0.2) is 18.1 Å². The minimum atomic E-state index is -3.26. The van der Waals surface area contributed by atoms with Crippen LogP contribution in [0.25, 0.3) is 0 Å². The maximum atomic E-state index is 11.9. The third kappa shape index (κ3) is 6.28. The molecule has 2 aromatic rings. The van der Waals surface area contributed by atoms with Crippen molar-refractivity contribution >= 4 is 15.8 Å².